The lowest BCUT2D eigenvalue weighted by Gasteiger charge is -2.08. The molecule has 1 aromatic carbocycles. The highest BCUT2D eigenvalue weighted by Gasteiger charge is 2.11. The fourth-order valence-corrected chi connectivity index (χ4v) is 2.87. The summed E-state index contributed by atoms with van der Waals surface area (Å²) in [6.07, 6.45) is 3.00. The lowest BCUT2D eigenvalue weighted by Crippen LogP contribution is -2.31. The van der Waals surface area contributed by atoms with E-state index in [1.807, 2.05) is 25.1 Å². The third-order valence-corrected chi connectivity index (χ3v) is 4.18. The Morgan fingerprint density at radius 3 is 3.00 bits per heavy atom. The van der Waals surface area contributed by atoms with Crippen molar-refractivity contribution in [2.75, 3.05) is 19.8 Å². The van der Waals surface area contributed by atoms with E-state index in [9.17, 15) is 9.59 Å². The Bertz CT molecular complexity index is 998. The zero-order valence-corrected chi connectivity index (χ0v) is 15.6. The van der Waals surface area contributed by atoms with E-state index < -0.39 is 0 Å². The number of carbonyl (C=O) groups is 1. The van der Waals surface area contributed by atoms with E-state index in [0.717, 1.165) is 5.56 Å². The van der Waals surface area contributed by atoms with Gasteiger partial charge in [0.05, 0.1) is 19.3 Å². The van der Waals surface area contributed by atoms with Gasteiger partial charge in [-0.05, 0) is 24.6 Å². The Hall–Kier alpha value is -2.71. The Balaban J connectivity index is 1.71. The van der Waals surface area contributed by atoms with Gasteiger partial charge in [0.1, 0.15) is 18.3 Å². The van der Waals surface area contributed by atoms with E-state index in [2.05, 4.69) is 15.4 Å². The molecule has 2 aromatic heterocycles. The highest BCUT2D eigenvalue weighted by molar-refractivity contribution is 6.30. The predicted octanol–water partition coefficient (Wildman–Crippen LogP) is 1.45. The minimum atomic E-state index is -0.190. The van der Waals surface area contributed by atoms with Crippen LogP contribution in [0.3, 0.4) is 0 Å². The maximum Gasteiger partial charge on any atom is 0.264 e. The second kappa shape index (κ2) is 8.79. The van der Waals surface area contributed by atoms with Crippen molar-refractivity contribution in [1.29, 1.82) is 0 Å². The first-order valence-electron chi connectivity index (χ1n) is 8.58. The molecule has 3 rings (SSSR count). The highest BCUT2D eigenvalue weighted by atomic mass is 35.5. The van der Waals surface area contributed by atoms with Crippen molar-refractivity contribution >= 4 is 28.5 Å². The predicted molar refractivity (Wildman–Crippen MR) is 102 cm³/mol. The number of hydrogen-bond donors (Lipinski definition) is 1. The number of halogens is 1. The van der Waals surface area contributed by atoms with Crippen molar-refractivity contribution in [3.05, 3.63) is 57.7 Å². The molecule has 0 radical (unpaired) electrons. The van der Waals surface area contributed by atoms with Crippen LogP contribution in [0, 0.1) is 0 Å². The van der Waals surface area contributed by atoms with Gasteiger partial charge in [0.2, 0.25) is 5.91 Å². The van der Waals surface area contributed by atoms with Gasteiger partial charge < -0.3 is 10.1 Å². The number of fused-ring (bicyclic) bond motifs is 1. The smallest absolute Gasteiger partial charge is 0.264 e. The summed E-state index contributed by atoms with van der Waals surface area (Å²) >= 11 is 5.99. The lowest BCUT2D eigenvalue weighted by molar-refractivity contribution is -0.125. The normalized spacial score (nSPS) is 11.0. The minimum Gasteiger partial charge on any atom is -0.372 e. The molecule has 0 aliphatic carbocycles. The molecular formula is C18H20ClN5O3. The molecule has 0 atom stereocenters. The molecule has 1 amide bonds. The molecule has 0 aliphatic rings. The molecule has 1 N–H and O–H groups in total. The van der Waals surface area contributed by atoms with Crippen molar-refractivity contribution in [3.63, 3.8) is 0 Å². The summed E-state index contributed by atoms with van der Waals surface area (Å²) in [6.45, 7) is 3.50. The number of nitrogens with zero attached hydrogens (tertiary/aromatic N) is 4. The van der Waals surface area contributed by atoms with Gasteiger partial charge >= 0.3 is 0 Å². The summed E-state index contributed by atoms with van der Waals surface area (Å²) in [5, 5.41) is 8.00. The quantitative estimate of drug-likeness (QED) is 0.629. The summed E-state index contributed by atoms with van der Waals surface area (Å²) in [4.78, 5) is 28.6. The van der Waals surface area contributed by atoms with Crippen molar-refractivity contribution in [3.8, 4) is 0 Å². The van der Waals surface area contributed by atoms with Gasteiger partial charge in [-0.3, -0.25) is 14.2 Å². The summed E-state index contributed by atoms with van der Waals surface area (Å²) in [7, 11) is 0. The maximum atomic E-state index is 12.7. The van der Waals surface area contributed by atoms with Gasteiger partial charge in [0, 0.05) is 18.2 Å². The van der Waals surface area contributed by atoms with Crippen LogP contribution in [-0.4, -0.2) is 45.0 Å². The number of benzene rings is 1. The molecule has 0 saturated heterocycles. The fourth-order valence-electron chi connectivity index (χ4n) is 2.65. The van der Waals surface area contributed by atoms with Crippen molar-refractivity contribution in [2.45, 2.75) is 20.0 Å². The zero-order chi connectivity index (χ0) is 19.2. The van der Waals surface area contributed by atoms with E-state index in [4.69, 9.17) is 16.3 Å². The number of nitrogens with one attached hydrogen (secondary N) is 1. The van der Waals surface area contributed by atoms with Crippen LogP contribution in [0.1, 0.15) is 12.5 Å². The number of hydrogen-bond acceptors (Lipinski definition) is 5. The summed E-state index contributed by atoms with van der Waals surface area (Å²) in [6, 6.07) is 7.34. The van der Waals surface area contributed by atoms with E-state index in [1.165, 1.54) is 17.1 Å². The lowest BCUT2D eigenvalue weighted by atomic mass is 10.2. The largest absolute Gasteiger partial charge is 0.372 e. The number of amides is 1. The molecular weight excluding hydrogens is 370 g/mol. The Kier molecular flexibility index (Phi) is 6.20. The SMILES string of the molecule is CCOCC(=O)NCCn1ncc2c(=O)n(Cc3cccc(Cl)c3)cnc21. The molecule has 0 fully saturated rings. The van der Waals surface area contributed by atoms with Gasteiger partial charge in [0.25, 0.3) is 5.56 Å². The van der Waals surface area contributed by atoms with Crippen molar-refractivity contribution < 1.29 is 9.53 Å². The van der Waals surface area contributed by atoms with Crippen molar-refractivity contribution in [1.82, 2.24) is 24.6 Å². The first-order chi connectivity index (χ1) is 13.1. The van der Waals surface area contributed by atoms with Crippen LogP contribution in [0.15, 0.2) is 41.6 Å². The van der Waals surface area contributed by atoms with Crippen LogP contribution in [0.25, 0.3) is 11.0 Å². The molecule has 0 bridgehead atoms. The second-order valence-corrected chi connectivity index (χ2v) is 6.34. The highest BCUT2D eigenvalue weighted by Crippen LogP contribution is 2.12. The fraction of sp³-hybridized carbons (Fsp3) is 0.333. The molecule has 9 heteroatoms. The van der Waals surface area contributed by atoms with Crippen LogP contribution in [-0.2, 0) is 22.6 Å². The number of ether oxygens (including phenoxy) is 1. The average Bonchev–Trinajstić information content (AvgIpc) is 3.06. The van der Waals surface area contributed by atoms with Crippen LogP contribution in [0.5, 0.6) is 0 Å². The van der Waals surface area contributed by atoms with Crippen molar-refractivity contribution in [2.24, 2.45) is 0 Å². The maximum absolute atomic E-state index is 12.7. The monoisotopic (exact) mass is 389 g/mol. The first kappa shape index (κ1) is 19.1. The Morgan fingerprint density at radius 1 is 1.37 bits per heavy atom. The van der Waals surface area contributed by atoms with E-state index >= 15 is 0 Å². The molecule has 0 saturated carbocycles. The molecule has 3 aromatic rings. The zero-order valence-electron chi connectivity index (χ0n) is 14.9. The molecule has 0 unspecified atom stereocenters. The van der Waals surface area contributed by atoms with E-state index in [1.54, 1.807) is 10.7 Å². The third-order valence-electron chi connectivity index (χ3n) is 3.95. The molecule has 0 spiro atoms. The standard InChI is InChI=1S/C18H20ClN5O3/c1-2-27-11-16(25)20-6-7-24-17-15(9-22-24)18(26)23(12-21-17)10-13-4-3-5-14(19)8-13/h3-5,8-9,12H,2,6-7,10-11H2,1H3,(H,20,25). The van der Waals surface area contributed by atoms with Gasteiger partial charge in [-0.2, -0.15) is 5.10 Å². The summed E-state index contributed by atoms with van der Waals surface area (Å²) in [5.74, 6) is -0.190. The third kappa shape index (κ3) is 4.72. The number of carbonyl (C=O) groups excluding carboxylic acids is 1. The van der Waals surface area contributed by atoms with Crippen LogP contribution in [0.2, 0.25) is 5.02 Å². The van der Waals surface area contributed by atoms with Gasteiger partial charge in [-0.1, -0.05) is 23.7 Å². The van der Waals surface area contributed by atoms with Gasteiger partial charge in [-0.25, -0.2) is 9.67 Å². The Morgan fingerprint density at radius 2 is 2.22 bits per heavy atom. The van der Waals surface area contributed by atoms with E-state index in [0.29, 0.717) is 42.3 Å². The molecule has 8 nitrogen and oxygen atoms in total. The van der Waals surface area contributed by atoms with Crippen LogP contribution >= 0.6 is 11.6 Å². The second-order valence-electron chi connectivity index (χ2n) is 5.90. The number of aromatic nitrogens is 4. The van der Waals surface area contributed by atoms with Gasteiger partial charge in [-0.15, -0.1) is 0 Å². The van der Waals surface area contributed by atoms with Gasteiger partial charge in [0.15, 0.2) is 5.65 Å². The topological polar surface area (TPSA) is 91.0 Å². The molecule has 2 heterocycles. The number of rotatable bonds is 8. The summed E-state index contributed by atoms with van der Waals surface area (Å²) < 4.78 is 8.16. The van der Waals surface area contributed by atoms with Crippen LogP contribution < -0.4 is 10.9 Å². The molecule has 142 valence electrons. The first-order valence-corrected chi connectivity index (χ1v) is 8.96. The molecule has 27 heavy (non-hydrogen) atoms. The minimum absolute atomic E-state index is 0.0306. The summed E-state index contributed by atoms with van der Waals surface area (Å²) in [5.41, 5.74) is 1.23. The Labute approximate surface area is 160 Å². The molecule has 0 aliphatic heterocycles. The van der Waals surface area contributed by atoms with Crippen LogP contribution in [0.4, 0.5) is 0 Å². The van der Waals surface area contributed by atoms with E-state index in [-0.39, 0.29) is 18.1 Å². The average molecular weight is 390 g/mol.